The van der Waals surface area contributed by atoms with E-state index in [4.69, 9.17) is 20.1 Å². The number of benzene rings is 1. The van der Waals surface area contributed by atoms with Gasteiger partial charge in [0.1, 0.15) is 0 Å². The first-order valence-corrected chi connectivity index (χ1v) is 6.78. The number of hydrazine groups is 1. The molecule has 8 heteroatoms. The molecule has 2 aromatic rings. The van der Waals surface area contributed by atoms with Gasteiger partial charge in [-0.25, -0.2) is 10.8 Å². The maximum atomic E-state index is 12.7. The molecule has 1 aromatic carbocycles. The number of ether oxygens (including phenoxy) is 3. The van der Waals surface area contributed by atoms with Gasteiger partial charge in [0.05, 0.1) is 25.1 Å². The lowest BCUT2D eigenvalue weighted by Crippen LogP contribution is -2.27. The van der Waals surface area contributed by atoms with Crippen LogP contribution in [0.4, 0.5) is 5.95 Å². The van der Waals surface area contributed by atoms with E-state index in [1.807, 2.05) is 0 Å². The third-order valence-electron chi connectivity index (χ3n) is 3.32. The molecule has 0 saturated carbocycles. The highest BCUT2D eigenvalue weighted by Gasteiger charge is 2.14. The minimum absolute atomic E-state index is 0.199. The Hall–Kier alpha value is -2.32. The molecule has 0 aliphatic rings. The van der Waals surface area contributed by atoms with E-state index in [1.165, 1.54) is 18.8 Å². The SMILES string of the molecule is COCCCn1c(NN)nc2cc(OC)c(OC)cc2c1=O. The van der Waals surface area contributed by atoms with Gasteiger partial charge in [0, 0.05) is 26.3 Å². The number of nitrogens with zero attached hydrogens (tertiary/aromatic N) is 2. The second-order valence-corrected chi connectivity index (χ2v) is 4.61. The molecule has 120 valence electrons. The van der Waals surface area contributed by atoms with Crippen LogP contribution in [0.1, 0.15) is 6.42 Å². The summed E-state index contributed by atoms with van der Waals surface area (Å²) in [5, 5.41) is 0.439. The first-order valence-electron chi connectivity index (χ1n) is 6.78. The quantitative estimate of drug-likeness (QED) is 0.442. The van der Waals surface area contributed by atoms with Gasteiger partial charge in [-0.1, -0.05) is 0 Å². The maximum absolute atomic E-state index is 12.7. The van der Waals surface area contributed by atoms with Crippen molar-refractivity contribution >= 4 is 16.9 Å². The topological polar surface area (TPSA) is 101 Å². The van der Waals surface area contributed by atoms with Crippen molar-refractivity contribution in [3.8, 4) is 11.5 Å². The molecule has 22 heavy (non-hydrogen) atoms. The fourth-order valence-corrected chi connectivity index (χ4v) is 2.23. The van der Waals surface area contributed by atoms with Crippen molar-refractivity contribution in [1.29, 1.82) is 0 Å². The van der Waals surface area contributed by atoms with E-state index in [9.17, 15) is 4.79 Å². The molecule has 0 bridgehead atoms. The molecule has 2 rings (SSSR count). The number of methoxy groups -OCH3 is 3. The van der Waals surface area contributed by atoms with Gasteiger partial charge in [-0.2, -0.15) is 0 Å². The zero-order chi connectivity index (χ0) is 16.1. The predicted octanol–water partition coefficient (Wildman–Crippen LogP) is 0.736. The normalized spacial score (nSPS) is 10.7. The Morgan fingerprint density at radius 3 is 2.50 bits per heavy atom. The van der Waals surface area contributed by atoms with E-state index < -0.39 is 0 Å². The van der Waals surface area contributed by atoms with Crippen molar-refractivity contribution in [2.45, 2.75) is 13.0 Å². The number of hydrogen-bond donors (Lipinski definition) is 2. The standard InChI is InChI=1S/C14H20N4O4/c1-20-6-4-5-18-13(19)9-7-11(21-2)12(22-3)8-10(9)16-14(18)17-15/h7-8H,4-6,15H2,1-3H3,(H,16,17). The first kappa shape index (κ1) is 16.1. The molecular formula is C14H20N4O4. The van der Waals surface area contributed by atoms with Crippen molar-refractivity contribution in [2.24, 2.45) is 5.84 Å². The highest BCUT2D eigenvalue weighted by atomic mass is 16.5. The van der Waals surface area contributed by atoms with Crippen LogP contribution >= 0.6 is 0 Å². The van der Waals surface area contributed by atoms with Crippen LogP contribution < -0.4 is 26.3 Å². The van der Waals surface area contributed by atoms with Gasteiger partial charge in [-0.05, 0) is 12.5 Å². The van der Waals surface area contributed by atoms with Crippen LogP contribution in [0.3, 0.4) is 0 Å². The van der Waals surface area contributed by atoms with Gasteiger partial charge in [0.25, 0.3) is 5.56 Å². The van der Waals surface area contributed by atoms with Crippen LogP contribution in [0.5, 0.6) is 11.5 Å². The molecule has 8 nitrogen and oxygen atoms in total. The number of aromatic nitrogens is 2. The van der Waals surface area contributed by atoms with Crippen molar-refractivity contribution in [3.63, 3.8) is 0 Å². The average Bonchev–Trinajstić information content (AvgIpc) is 2.55. The smallest absolute Gasteiger partial charge is 0.262 e. The van der Waals surface area contributed by atoms with Crippen LogP contribution in [-0.4, -0.2) is 37.5 Å². The highest BCUT2D eigenvalue weighted by molar-refractivity contribution is 5.82. The number of nitrogen functional groups attached to an aromatic ring is 1. The van der Waals surface area contributed by atoms with E-state index >= 15 is 0 Å². The van der Waals surface area contributed by atoms with Crippen molar-refractivity contribution in [1.82, 2.24) is 9.55 Å². The molecule has 0 spiro atoms. The summed E-state index contributed by atoms with van der Waals surface area (Å²) < 4.78 is 16.9. The van der Waals surface area contributed by atoms with Crippen LogP contribution in [0.15, 0.2) is 16.9 Å². The Balaban J connectivity index is 2.61. The summed E-state index contributed by atoms with van der Waals surface area (Å²) in [5.74, 6) is 6.75. The molecule has 0 saturated heterocycles. The van der Waals surface area contributed by atoms with Gasteiger partial charge in [-0.15, -0.1) is 0 Å². The summed E-state index contributed by atoms with van der Waals surface area (Å²) in [7, 11) is 4.66. The van der Waals surface area contributed by atoms with Crippen LogP contribution in [0.2, 0.25) is 0 Å². The number of rotatable bonds is 7. The van der Waals surface area contributed by atoms with Crippen molar-refractivity contribution < 1.29 is 14.2 Å². The van der Waals surface area contributed by atoms with E-state index in [0.29, 0.717) is 47.9 Å². The molecule has 3 N–H and O–H groups in total. The molecule has 1 heterocycles. The van der Waals surface area contributed by atoms with Crippen LogP contribution in [-0.2, 0) is 11.3 Å². The molecule has 0 aliphatic heterocycles. The second-order valence-electron chi connectivity index (χ2n) is 4.61. The average molecular weight is 308 g/mol. The largest absolute Gasteiger partial charge is 0.493 e. The minimum Gasteiger partial charge on any atom is -0.493 e. The number of hydrogen-bond acceptors (Lipinski definition) is 7. The van der Waals surface area contributed by atoms with Crippen LogP contribution in [0, 0.1) is 0 Å². The molecule has 0 amide bonds. The van der Waals surface area contributed by atoms with Gasteiger partial charge in [-0.3, -0.25) is 14.8 Å². The molecule has 0 fully saturated rings. The fourth-order valence-electron chi connectivity index (χ4n) is 2.23. The fraction of sp³-hybridized carbons (Fsp3) is 0.429. The van der Waals surface area contributed by atoms with Gasteiger partial charge < -0.3 is 14.2 Å². The number of nitrogens with one attached hydrogen (secondary N) is 1. The zero-order valence-corrected chi connectivity index (χ0v) is 12.9. The summed E-state index contributed by atoms with van der Waals surface area (Å²) in [5.41, 5.74) is 2.75. The predicted molar refractivity (Wildman–Crippen MR) is 83.4 cm³/mol. The summed E-state index contributed by atoms with van der Waals surface area (Å²) in [6, 6.07) is 3.27. The Morgan fingerprint density at radius 2 is 1.91 bits per heavy atom. The zero-order valence-electron chi connectivity index (χ0n) is 12.9. The lowest BCUT2D eigenvalue weighted by molar-refractivity contribution is 0.190. The van der Waals surface area contributed by atoms with Crippen molar-refractivity contribution in [2.75, 3.05) is 33.4 Å². The molecule has 0 atom stereocenters. The van der Waals surface area contributed by atoms with E-state index in [-0.39, 0.29) is 5.56 Å². The molecule has 0 unspecified atom stereocenters. The molecule has 1 aromatic heterocycles. The Labute approximate surface area is 127 Å². The molecule has 0 aliphatic carbocycles. The first-order chi connectivity index (χ1) is 10.7. The van der Waals surface area contributed by atoms with E-state index in [2.05, 4.69) is 10.4 Å². The van der Waals surface area contributed by atoms with Crippen molar-refractivity contribution in [3.05, 3.63) is 22.5 Å². The number of anilines is 1. The summed E-state index contributed by atoms with van der Waals surface area (Å²) in [6.07, 6.45) is 0.672. The Bertz CT molecular complexity index is 714. The lowest BCUT2D eigenvalue weighted by Gasteiger charge is -2.14. The van der Waals surface area contributed by atoms with Gasteiger partial charge >= 0.3 is 0 Å². The summed E-state index contributed by atoms with van der Waals surface area (Å²) >= 11 is 0. The number of fused-ring (bicyclic) bond motifs is 1. The van der Waals surface area contributed by atoms with E-state index in [1.54, 1.807) is 19.2 Å². The van der Waals surface area contributed by atoms with E-state index in [0.717, 1.165) is 0 Å². The summed E-state index contributed by atoms with van der Waals surface area (Å²) in [4.78, 5) is 17.0. The molecule has 0 radical (unpaired) electrons. The second kappa shape index (κ2) is 7.10. The molecular weight excluding hydrogens is 288 g/mol. The van der Waals surface area contributed by atoms with Gasteiger partial charge in [0.15, 0.2) is 11.5 Å². The Morgan fingerprint density at radius 1 is 1.23 bits per heavy atom. The third-order valence-corrected chi connectivity index (χ3v) is 3.32. The lowest BCUT2D eigenvalue weighted by atomic mass is 10.2. The third kappa shape index (κ3) is 2.97. The Kier molecular flexibility index (Phi) is 5.18. The summed E-state index contributed by atoms with van der Waals surface area (Å²) in [6.45, 7) is 0.990. The number of nitrogens with two attached hydrogens (primary N) is 1. The highest BCUT2D eigenvalue weighted by Crippen LogP contribution is 2.30. The minimum atomic E-state index is -0.199. The monoisotopic (exact) mass is 308 g/mol. The van der Waals surface area contributed by atoms with Crippen LogP contribution in [0.25, 0.3) is 10.9 Å². The van der Waals surface area contributed by atoms with Gasteiger partial charge in [0.2, 0.25) is 5.95 Å². The maximum Gasteiger partial charge on any atom is 0.262 e.